The summed E-state index contributed by atoms with van der Waals surface area (Å²) in [5.74, 6) is 0.703. The van der Waals surface area contributed by atoms with E-state index in [1.807, 2.05) is 0 Å². The van der Waals surface area contributed by atoms with Gasteiger partial charge in [-0.1, -0.05) is 0 Å². The Kier molecular flexibility index (Phi) is 3.53. The molecule has 0 bridgehead atoms. The molecule has 1 fully saturated rings. The summed E-state index contributed by atoms with van der Waals surface area (Å²) < 4.78 is 0. The summed E-state index contributed by atoms with van der Waals surface area (Å²) in [7, 11) is 0. The number of nitro groups is 1. The zero-order valence-electron chi connectivity index (χ0n) is 9.72. The number of nitrogens with one attached hydrogen (secondary N) is 2. The first-order chi connectivity index (χ1) is 8.15. The molecule has 1 aliphatic heterocycles. The number of nitrogens with zero attached hydrogens (tertiary/aromatic N) is 2. The maximum atomic E-state index is 10.5. The third kappa shape index (κ3) is 3.13. The average Bonchev–Trinajstić information content (AvgIpc) is 2.29. The summed E-state index contributed by atoms with van der Waals surface area (Å²) in [6.07, 6.45) is 3.37. The monoisotopic (exact) mass is 236 g/mol. The molecule has 2 heterocycles. The third-order valence-electron chi connectivity index (χ3n) is 2.93. The van der Waals surface area contributed by atoms with Crippen LogP contribution in [0.25, 0.3) is 0 Å². The predicted octanol–water partition coefficient (Wildman–Crippen LogP) is 1.54. The minimum atomic E-state index is -0.441. The van der Waals surface area contributed by atoms with Crippen molar-refractivity contribution in [2.24, 2.45) is 0 Å². The molecule has 2 N–H and O–H groups in total. The second-order valence-corrected chi connectivity index (χ2v) is 4.38. The number of anilines is 1. The first kappa shape index (κ1) is 11.8. The maximum Gasteiger partial charge on any atom is 0.287 e. The van der Waals surface area contributed by atoms with Crippen molar-refractivity contribution in [1.82, 2.24) is 10.3 Å². The van der Waals surface area contributed by atoms with Crippen molar-refractivity contribution in [2.45, 2.75) is 31.8 Å². The molecule has 6 heteroatoms. The van der Waals surface area contributed by atoms with Crippen LogP contribution in [0.15, 0.2) is 18.3 Å². The average molecular weight is 236 g/mol. The van der Waals surface area contributed by atoms with E-state index in [1.54, 1.807) is 6.07 Å². The van der Waals surface area contributed by atoms with Crippen molar-refractivity contribution in [2.75, 3.05) is 11.9 Å². The Morgan fingerprint density at radius 3 is 3.00 bits per heavy atom. The van der Waals surface area contributed by atoms with E-state index in [4.69, 9.17) is 0 Å². The van der Waals surface area contributed by atoms with E-state index < -0.39 is 4.92 Å². The number of hydrogen-bond acceptors (Lipinski definition) is 5. The van der Waals surface area contributed by atoms with Crippen LogP contribution < -0.4 is 10.6 Å². The van der Waals surface area contributed by atoms with Crippen LogP contribution in [0, 0.1) is 10.1 Å². The molecule has 2 atom stereocenters. The van der Waals surface area contributed by atoms with E-state index in [-0.39, 0.29) is 5.69 Å². The van der Waals surface area contributed by atoms with E-state index in [0.29, 0.717) is 17.9 Å². The summed E-state index contributed by atoms with van der Waals surface area (Å²) in [5.41, 5.74) is 0.0224. The molecule has 0 saturated carbocycles. The highest BCUT2D eigenvalue weighted by Crippen LogP contribution is 2.16. The van der Waals surface area contributed by atoms with Crippen LogP contribution in [0.3, 0.4) is 0 Å². The van der Waals surface area contributed by atoms with Crippen LogP contribution in [-0.4, -0.2) is 28.5 Å². The van der Waals surface area contributed by atoms with Gasteiger partial charge in [-0.3, -0.25) is 10.1 Å². The molecule has 0 spiro atoms. The van der Waals surface area contributed by atoms with E-state index >= 15 is 0 Å². The Morgan fingerprint density at radius 2 is 2.41 bits per heavy atom. The van der Waals surface area contributed by atoms with Gasteiger partial charge < -0.3 is 10.6 Å². The van der Waals surface area contributed by atoms with Gasteiger partial charge in [-0.25, -0.2) is 4.98 Å². The molecule has 1 aromatic heterocycles. The van der Waals surface area contributed by atoms with Gasteiger partial charge in [0.05, 0.1) is 4.92 Å². The van der Waals surface area contributed by atoms with Crippen LogP contribution in [0.4, 0.5) is 11.5 Å². The van der Waals surface area contributed by atoms with Crippen molar-refractivity contribution >= 4 is 11.5 Å². The van der Waals surface area contributed by atoms with Gasteiger partial charge in [-0.2, -0.15) is 0 Å². The lowest BCUT2D eigenvalue weighted by Crippen LogP contribution is -2.41. The van der Waals surface area contributed by atoms with Crippen LogP contribution in [0.1, 0.15) is 19.8 Å². The van der Waals surface area contributed by atoms with Gasteiger partial charge in [0.2, 0.25) is 0 Å². The standard InChI is InChI=1S/C11H16N4O2/c1-8-6-9(4-5-12-8)14-11-3-2-10(7-13-11)15(16)17/h2-3,7-9,12H,4-6H2,1H3,(H,13,14). The van der Waals surface area contributed by atoms with Gasteiger partial charge in [0.25, 0.3) is 5.69 Å². The lowest BCUT2D eigenvalue weighted by molar-refractivity contribution is -0.385. The molecule has 1 saturated heterocycles. The molecule has 17 heavy (non-hydrogen) atoms. The normalized spacial score (nSPS) is 24.3. The quantitative estimate of drug-likeness (QED) is 0.614. The zero-order valence-corrected chi connectivity index (χ0v) is 9.72. The van der Waals surface area contributed by atoms with Crippen LogP contribution >= 0.6 is 0 Å². The molecule has 1 aliphatic rings. The van der Waals surface area contributed by atoms with E-state index in [2.05, 4.69) is 22.5 Å². The molecule has 0 radical (unpaired) electrons. The molecule has 2 unspecified atom stereocenters. The molecule has 92 valence electrons. The second kappa shape index (κ2) is 5.09. The van der Waals surface area contributed by atoms with Crippen LogP contribution in [-0.2, 0) is 0 Å². The molecule has 0 amide bonds. The third-order valence-corrected chi connectivity index (χ3v) is 2.93. The predicted molar refractivity (Wildman–Crippen MR) is 65.0 cm³/mol. The summed E-state index contributed by atoms with van der Waals surface area (Å²) >= 11 is 0. The summed E-state index contributed by atoms with van der Waals surface area (Å²) in [4.78, 5) is 14.1. The summed E-state index contributed by atoms with van der Waals surface area (Å²) in [5, 5.41) is 17.2. The Labute approximate surface area is 99.6 Å². The van der Waals surface area contributed by atoms with E-state index in [0.717, 1.165) is 19.4 Å². The first-order valence-electron chi connectivity index (χ1n) is 5.75. The fraction of sp³-hybridized carbons (Fsp3) is 0.545. The SMILES string of the molecule is CC1CC(Nc2ccc([N+](=O)[O-])cn2)CCN1. The highest BCUT2D eigenvalue weighted by Gasteiger charge is 2.18. The van der Waals surface area contributed by atoms with Crippen molar-refractivity contribution in [3.8, 4) is 0 Å². The zero-order chi connectivity index (χ0) is 12.3. The van der Waals surface area contributed by atoms with Gasteiger partial charge >= 0.3 is 0 Å². The van der Waals surface area contributed by atoms with Crippen molar-refractivity contribution in [3.63, 3.8) is 0 Å². The maximum absolute atomic E-state index is 10.5. The molecular weight excluding hydrogens is 220 g/mol. The van der Waals surface area contributed by atoms with Gasteiger partial charge in [-0.15, -0.1) is 0 Å². The van der Waals surface area contributed by atoms with E-state index in [1.165, 1.54) is 12.3 Å². The first-order valence-corrected chi connectivity index (χ1v) is 5.75. The number of pyridine rings is 1. The lowest BCUT2D eigenvalue weighted by Gasteiger charge is -2.28. The number of rotatable bonds is 3. The van der Waals surface area contributed by atoms with Crippen LogP contribution in [0.5, 0.6) is 0 Å². The molecule has 2 rings (SSSR count). The number of piperidine rings is 1. The molecular formula is C11H16N4O2. The highest BCUT2D eigenvalue weighted by atomic mass is 16.6. The fourth-order valence-corrected chi connectivity index (χ4v) is 2.05. The van der Waals surface area contributed by atoms with Gasteiger partial charge in [0.1, 0.15) is 12.0 Å². The Bertz CT molecular complexity index is 393. The lowest BCUT2D eigenvalue weighted by atomic mass is 10.0. The second-order valence-electron chi connectivity index (χ2n) is 4.38. The largest absolute Gasteiger partial charge is 0.367 e. The Balaban J connectivity index is 1.96. The molecule has 0 aliphatic carbocycles. The van der Waals surface area contributed by atoms with Gasteiger partial charge in [-0.05, 0) is 32.4 Å². The fourth-order valence-electron chi connectivity index (χ4n) is 2.05. The summed E-state index contributed by atoms with van der Waals surface area (Å²) in [6.45, 7) is 3.14. The molecule has 0 aromatic carbocycles. The Hall–Kier alpha value is -1.69. The summed E-state index contributed by atoms with van der Waals surface area (Å²) in [6, 6.07) is 4.02. The minimum Gasteiger partial charge on any atom is -0.367 e. The van der Waals surface area contributed by atoms with Crippen molar-refractivity contribution < 1.29 is 4.92 Å². The minimum absolute atomic E-state index is 0.0224. The topological polar surface area (TPSA) is 80.1 Å². The smallest absolute Gasteiger partial charge is 0.287 e. The molecule has 1 aromatic rings. The van der Waals surface area contributed by atoms with Crippen molar-refractivity contribution in [3.05, 3.63) is 28.4 Å². The van der Waals surface area contributed by atoms with E-state index in [9.17, 15) is 10.1 Å². The number of aromatic nitrogens is 1. The number of hydrogen-bond donors (Lipinski definition) is 2. The van der Waals surface area contributed by atoms with Crippen LogP contribution in [0.2, 0.25) is 0 Å². The highest BCUT2D eigenvalue weighted by molar-refractivity contribution is 5.40. The Morgan fingerprint density at radius 1 is 1.59 bits per heavy atom. The van der Waals surface area contributed by atoms with Gasteiger partial charge in [0, 0.05) is 18.2 Å². The van der Waals surface area contributed by atoms with Crippen molar-refractivity contribution in [1.29, 1.82) is 0 Å². The van der Waals surface area contributed by atoms with Gasteiger partial charge in [0.15, 0.2) is 0 Å². The molecule has 6 nitrogen and oxygen atoms in total.